The van der Waals surface area contributed by atoms with Crippen molar-refractivity contribution in [1.82, 2.24) is 4.98 Å². The molecule has 76 valence electrons. The van der Waals surface area contributed by atoms with Crippen LogP contribution in [0.2, 0.25) is 0 Å². The van der Waals surface area contributed by atoms with Gasteiger partial charge in [-0.05, 0) is 49.4 Å². The summed E-state index contributed by atoms with van der Waals surface area (Å²) in [5.41, 5.74) is 2.23. The Hall–Kier alpha value is -0.650. The summed E-state index contributed by atoms with van der Waals surface area (Å²) < 4.78 is 5.84. The third kappa shape index (κ3) is 2.43. The minimum absolute atomic E-state index is 0.290. The van der Waals surface area contributed by atoms with Crippen LogP contribution in [-0.2, 0) is 4.74 Å². The van der Waals surface area contributed by atoms with E-state index in [9.17, 15) is 4.79 Å². The molecule has 0 N–H and O–H groups in total. The van der Waals surface area contributed by atoms with Crippen LogP contribution in [0, 0.1) is 17.4 Å². The molecule has 1 heterocycles. The van der Waals surface area contributed by atoms with E-state index in [0.717, 1.165) is 15.0 Å². The Labute approximate surface area is 97.0 Å². The van der Waals surface area contributed by atoms with Gasteiger partial charge in [-0.15, -0.1) is 0 Å². The van der Waals surface area contributed by atoms with Crippen molar-refractivity contribution < 1.29 is 9.53 Å². The van der Waals surface area contributed by atoms with Crippen molar-refractivity contribution in [3.63, 3.8) is 0 Å². The summed E-state index contributed by atoms with van der Waals surface area (Å²) >= 11 is 2.13. The van der Waals surface area contributed by atoms with Gasteiger partial charge in [0.2, 0.25) is 0 Å². The first kappa shape index (κ1) is 11.4. The molecule has 0 aromatic carbocycles. The topological polar surface area (TPSA) is 39.2 Å². The number of aromatic nitrogens is 1. The highest BCUT2D eigenvalue weighted by Gasteiger charge is 2.15. The average Bonchev–Trinajstić information content (AvgIpc) is 2.01. The van der Waals surface area contributed by atoms with Gasteiger partial charge in [0.25, 0.3) is 0 Å². The Morgan fingerprint density at radius 1 is 1.57 bits per heavy atom. The number of halogens is 1. The Morgan fingerprint density at radius 3 is 2.71 bits per heavy atom. The van der Waals surface area contributed by atoms with Crippen LogP contribution in [0.15, 0.2) is 6.07 Å². The van der Waals surface area contributed by atoms with E-state index in [4.69, 9.17) is 4.74 Å². The molecule has 0 unspecified atom stereocenters. The lowest BCUT2D eigenvalue weighted by Crippen LogP contribution is -2.10. The predicted molar refractivity (Wildman–Crippen MR) is 62.4 cm³/mol. The Balaban J connectivity index is 3.14. The fourth-order valence-corrected chi connectivity index (χ4v) is 2.29. The zero-order valence-electron chi connectivity index (χ0n) is 8.43. The lowest BCUT2D eigenvalue weighted by molar-refractivity contribution is 0.0523. The first-order chi connectivity index (χ1) is 6.56. The van der Waals surface area contributed by atoms with Gasteiger partial charge in [-0.3, -0.25) is 4.98 Å². The van der Waals surface area contributed by atoms with Crippen molar-refractivity contribution >= 4 is 28.6 Å². The van der Waals surface area contributed by atoms with Crippen LogP contribution >= 0.6 is 22.6 Å². The van der Waals surface area contributed by atoms with E-state index in [0.29, 0.717) is 12.2 Å². The highest BCUT2D eigenvalue weighted by atomic mass is 127. The zero-order chi connectivity index (χ0) is 10.7. The molecule has 3 nitrogen and oxygen atoms in total. The van der Waals surface area contributed by atoms with Crippen LogP contribution in [0.4, 0.5) is 0 Å². The second kappa shape index (κ2) is 4.72. The van der Waals surface area contributed by atoms with Crippen LogP contribution in [0.5, 0.6) is 0 Å². The van der Waals surface area contributed by atoms with Crippen LogP contribution in [0.1, 0.15) is 28.7 Å². The number of nitrogens with zero attached hydrogens (tertiary/aromatic N) is 1. The summed E-state index contributed by atoms with van der Waals surface area (Å²) in [6, 6.07) is 1.87. The van der Waals surface area contributed by atoms with Gasteiger partial charge in [0.05, 0.1) is 17.9 Å². The molecular formula is C10H12INO2. The normalized spacial score (nSPS) is 10.0. The molecule has 0 saturated heterocycles. The molecule has 0 aliphatic heterocycles. The van der Waals surface area contributed by atoms with Gasteiger partial charge in [0, 0.05) is 9.26 Å². The SMILES string of the molecule is CCOC(=O)c1c(I)cc(C)nc1C. The Bertz CT molecular complexity index is 340. The number of hydrogen-bond donors (Lipinski definition) is 0. The van der Waals surface area contributed by atoms with Gasteiger partial charge in [-0.25, -0.2) is 4.79 Å². The molecule has 4 heteroatoms. The summed E-state index contributed by atoms with van der Waals surface area (Å²) in [4.78, 5) is 15.8. The van der Waals surface area contributed by atoms with E-state index < -0.39 is 0 Å². The molecule has 14 heavy (non-hydrogen) atoms. The Kier molecular flexibility index (Phi) is 3.86. The molecule has 0 aliphatic rings. The third-order valence-electron chi connectivity index (χ3n) is 1.76. The van der Waals surface area contributed by atoms with Crippen molar-refractivity contribution in [2.24, 2.45) is 0 Å². The van der Waals surface area contributed by atoms with Gasteiger partial charge in [-0.2, -0.15) is 0 Å². The van der Waals surface area contributed by atoms with Crippen LogP contribution in [-0.4, -0.2) is 17.6 Å². The number of carbonyl (C=O) groups excluding carboxylic acids is 1. The molecule has 0 atom stereocenters. The van der Waals surface area contributed by atoms with E-state index in [2.05, 4.69) is 27.6 Å². The molecule has 1 rings (SSSR count). The highest BCUT2D eigenvalue weighted by Crippen LogP contribution is 2.17. The first-order valence-electron chi connectivity index (χ1n) is 4.37. The largest absolute Gasteiger partial charge is 0.462 e. The van der Waals surface area contributed by atoms with E-state index in [1.165, 1.54) is 0 Å². The van der Waals surface area contributed by atoms with Crippen LogP contribution < -0.4 is 0 Å². The summed E-state index contributed by atoms with van der Waals surface area (Å²) in [5, 5.41) is 0. The number of hydrogen-bond acceptors (Lipinski definition) is 3. The highest BCUT2D eigenvalue weighted by molar-refractivity contribution is 14.1. The van der Waals surface area contributed by atoms with Crippen molar-refractivity contribution in [2.75, 3.05) is 6.61 Å². The predicted octanol–water partition coefficient (Wildman–Crippen LogP) is 2.48. The molecule has 0 bridgehead atoms. The lowest BCUT2D eigenvalue weighted by Gasteiger charge is -2.07. The van der Waals surface area contributed by atoms with Crippen molar-refractivity contribution in [2.45, 2.75) is 20.8 Å². The van der Waals surface area contributed by atoms with Gasteiger partial charge in [0.15, 0.2) is 0 Å². The number of pyridine rings is 1. The maximum absolute atomic E-state index is 11.5. The van der Waals surface area contributed by atoms with Crippen molar-refractivity contribution in [1.29, 1.82) is 0 Å². The third-order valence-corrected chi connectivity index (χ3v) is 2.61. The second-order valence-corrected chi connectivity index (χ2v) is 4.09. The standard InChI is InChI=1S/C10H12INO2/c1-4-14-10(13)9-7(3)12-6(2)5-8(9)11/h5H,4H2,1-3H3. The summed E-state index contributed by atoms with van der Waals surface area (Å²) in [5.74, 6) is -0.290. The first-order valence-corrected chi connectivity index (χ1v) is 5.45. The van der Waals surface area contributed by atoms with Crippen molar-refractivity contribution in [3.8, 4) is 0 Å². The maximum atomic E-state index is 11.5. The molecule has 0 amide bonds. The van der Waals surface area contributed by atoms with Gasteiger partial charge in [-0.1, -0.05) is 0 Å². The summed E-state index contributed by atoms with van der Waals surface area (Å²) in [6.45, 7) is 5.91. The number of ether oxygens (including phenoxy) is 1. The molecule has 0 radical (unpaired) electrons. The van der Waals surface area contributed by atoms with Gasteiger partial charge in [0.1, 0.15) is 0 Å². The fourth-order valence-electron chi connectivity index (χ4n) is 1.23. The molecular weight excluding hydrogens is 293 g/mol. The maximum Gasteiger partial charge on any atom is 0.341 e. The van der Waals surface area contributed by atoms with Gasteiger partial charge >= 0.3 is 5.97 Å². The fraction of sp³-hybridized carbons (Fsp3) is 0.400. The summed E-state index contributed by atoms with van der Waals surface area (Å²) in [6.07, 6.45) is 0. The van der Waals surface area contributed by atoms with E-state index in [-0.39, 0.29) is 5.97 Å². The zero-order valence-corrected chi connectivity index (χ0v) is 10.6. The molecule has 1 aromatic heterocycles. The smallest absolute Gasteiger partial charge is 0.341 e. The molecule has 1 aromatic rings. The number of esters is 1. The van der Waals surface area contributed by atoms with E-state index in [1.807, 2.05) is 19.9 Å². The number of aryl methyl sites for hydroxylation is 2. The monoisotopic (exact) mass is 305 g/mol. The number of carbonyl (C=O) groups is 1. The average molecular weight is 305 g/mol. The van der Waals surface area contributed by atoms with Crippen molar-refractivity contribution in [3.05, 3.63) is 26.6 Å². The molecule has 0 fully saturated rings. The van der Waals surface area contributed by atoms with E-state index >= 15 is 0 Å². The Morgan fingerprint density at radius 2 is 2.21 bits per heavy atom. The molecule has 0 spiro atoms. The minimum Gasteiger partial charge on any atom is -0.462 e. The molecule has 0 aliphatic carbocycles. The number of rotatable bonds is 2. The van der Waals surface area contributed by atoms with Gasteiger partial charge < -0.3 is 4.74 Å². The van der Waals surface area contributed by atoms with E-state index in [1.54, 1.807) is 6.92 Å². The van der Waals surface area contributed by atoms with Crippen LogP contribution in [0.3, 0.4) is 0 Å². The van der Waals surface area contributed by atoms with Crippen LogP contribution in [0.25, 0.3) is 0 Å². The second-order valence-electron chi connectivity index (χ2n) is 2.93. The minimum atomic E-state index is -0.290. The molecule has 0 saturated carbocycles. The quantitative estimate of drug-likeness (QED) is 0.622. The lowest BCUT2D eigenvalue weighted by atomic mass is 10.2. The summed E-state index contributed by atoms with van der Waals surface area (Å²) in [7, 11) is 0.